The van der Waals surface area contributed by atoms with Crippen molar-refractivity contribution in [1.29, 1.82) is 0 Å². The second-order valence-electron chi connectivity index (χ2n) is 3.77. The Hall–Kier alpha value is -0.720. The van der Waals surface area contributed by atoms with Crippen LogP contribution in [0.25, 0.3) is 0 Å². The Morgan fingerprint density at radius 3 is 2.71 bits per heavy atom. The van der Waals surface area contributed by atoms with Gasteiger partial charge in [0.25, 0.3) is 5.54 Å². The first-order valence-electron chi connectivity index (χ1n) is 4.42. The molecule has 0 bridgehead atoms. The Morgan fingerprint density at radius 2 is 2.29 bits per heavy atom. The van der Waals surface area contributed by atoms with Gasteiger partial charge in [-0.3, -0.25) is 10.1 Å². The first-order valence-corrected chi connectivity index (χ1v) is 4.42. The molecule has 1 unspecified atom stereocenters. The van der Waals surface area contributed by atoms with Crippen molar-refractivity contribution in [3.05, 3.63) is 10.1 Å². The molecule has 0 radical (unpaired) electrons. The van der Waals surface area contributed by atoms with Crippen molar-refractivity contribution in [1.82, 2.24) is 0 Å². The number of hydrogen-bond donors (Lipinski definition) is 1. The van der Waals surface area contributed by atoms with Gasteiger partial charge in [-0.25, -0.2) is 0 Å². The number of aliphatic hydroxyl groups excluding tert-OH is 1. The maximum Gasteiger partial charge on any atom is 0.252 e. The number of aliphatic hydroxyl groups is 1. The normalized spacial score (nSPS) is 43.6. The number of methoxy groups -OCH3 is 1. The third kappa shape index (κ3) is 1.73. The Kier molecular flexibility index (Phi) is 3.08. The minimum absolute atomic E-state index is 0.0527. The minimum Gasteiger partial charge on any atom is -0.371 e. The van der Waals surface area contributed by atoms with Gasteiger partial charge >= 0.3 is 0 Å². The molecule has 4 atom stereocenters. The maximum absolute atomic E-state index is 10.9. The highest BCUT2D eigenvalue weighted by atomic mass is 16.7. The van der Waals surface area contributed by atoms with Crippen molar-refractivity contribution in [2.75, 3.05) is 7.11 Å². The van der Waals surface area contributed by atoms with E-state index in [4.69, 9.17) is 9.47 Å². The zero-order valence-electron chi connectivity index (χ0n) is 8.47. The zero-order valence-corrected chi connectivity index (χ0v) is 8.47. The molecule has 1 fully saturated rings. The molecular formula is C8H15NO5. The minimum atomic E-state index is -1.29. The molecule has 14 heavy (non-hydrogen) atoms. The van der Waals surface area contributed by atoms with Crippen LogP contribution in [0.5, 0.6) is 0 Å². The molecule has 1 N–H and O–H groups in total. The van der Waals surface area contributed by atoms with Gasteiger partial charge in [0.1, 0.15) is 0 Å². The summed E-state index contributed by atoms with van der Waals surface area (Å²) in [5.41, 5.74) is -1.29. The van der Waals surface area contributed by atoms with Crippen molar-refractivity contribution in [3.63, 3.8) is 0 Å². The van der Waals surface area contributed by atoms with Crippen molar-refractivity contribution in [2.45, 2.75) is 44.3 Å². The third-order valence-corrected chi connectivity index (χ3v) is 2.67. The first kappa shape index (κ1) is 11.4. The third-order valence-electron chi connectivity index (χ3n) is 2.67. The SMILES string of the molecule is CO[C@H]1[C@@H](C)OC(O)C[C@]1(C)[N+](=O)[O-]. The van der Waals surface area contributed by atoms with Gasteiger partial charge in [0.15, 0.2) is 12.4 Å². The fourth-order valence-corrected chi connectivity index (χ4v) is 1.97. The van der Waals surface area contributed by atoms with E-state index in [-0.39, 0.29) is 6.42 Å². The van der Waals surface area contributed by atoms with Crippen LogP contribution < -0.4 is 0 Å². The lowest BCUT2D eigenvalue weighted by atomic mass is 9.86. The van der Waals surface area contributed by atoms with E-state index < -0.39 is 29.0 Å². The van der Waals surface area contributed by atoms with Crippen LogP contribution in [0, 0.1) is 10.1 Å². The summed E-state index contributed by atoms with van der Waals surface area (Å²) in [5.74, 6) is 0. The Morgan fingerprint density at radius 1 is 1.71 bits per heavy atom. The van der Waals surface area contributed by atoms with Crippen molar-refractivity contribution in [2.24, 2.45) is 0 Å². The molecule has 0 aromatic heterocycles. The molecule has 0 aromatic carbocycles. The molecule has 1 saturated heterocycles. The van der Waals surface area contributed by atoms with E-state index in [1.54, 1.807) is 6.92 Å². The van der Waals surface area contributed by atoms with Crippen molar-refractivity contribution >= 4 is 0 Å². The van der Waals surface area contributed by atoms with Crippen LogP contribution in [0.1, 0.15) is 20.3 Å². The fourth-order valence-electron chi connectivity index (χ4n) is 1.97. The lowest BCUT2D eigenvalue weighted by Gasteiger charge is -2.39. The summed E-state index contributed by atoms with van der Waals surface area (Å²) in [6, 6.07) is 0. The van der Waals surface area contributed by atoms with Gasteiger partial charge in [0.05, 0.1) is 12.5 Å². The van der Waals surface area contributed by atoms with Crippen LogP contribution in [0.4, 0.5) is 0 Å². The van der Waals surface area contributed by atoms with Gasteiger partial charge in [-0.2, -0.15) is 0 Å². The van der Waals surface area contributed by atoms with Crippen molar-refractivity contribution in [3.8, 4) is 0 Å². The molecule has 0 amide bonds. The molecule has 1 aliphatic rings. The largest absolute Gasteiger partial charge is 0.371 e. The molecule has 6 nitrogen and oxygen atoms in total. The van der Waals surface area contributed by atoms with Crippen LogP contribution in [0.3, 0.4) is 0 Å². The van der Waals surface area contributed by atoms with Gasteiger partial charge in [0.2, 0.25) is 0 Å². The van der Waals surface area contributed by atoms with Crippen LogP contribution >= 0.6 is 0 Å². The standard InChI is InChI=1S/C8H15NO5/c1-5-7(13-3)8(2,9(11)12)4-6(10)14-5/h5-7,10H,4H2,1-3H3/t5-,6?,7+,8+/m1/s1. The van der Waals surface area contributed by atoms with Gasteiger partial charge in [-0.15, -0.1) is 0 Å². The highest BCUT2D eigenvalue weighted by Crippen LogP contribution is 2.32. The van der Waals surface area contributed by atoms with Gasteiger partial charge in [-0.05, 0) is 6.92 Å². The number of nitrogens with zero attached hydrogens (tertiary/aromatic N) is 1. The number of hydrogen-bond acceptors (Lipinski definition) is 5. The summed E-state index contributed by atoms with van der Waals surface area (Å²) in [6.07, 6.45) is -2.27. The van der Waals surface area contributed by atoms with Crippen LogP contribution in [-0.2, 0) is 9.47 Å². The van der Waals surface area contributed by atoms with E-state index in [1.807, 2.05) is 0 Å². The Bertz CT molecular complexity index is 234. The highest BCUT2D eigenvalue weighted by molar-refractivity contribution is 4.92. The van der Waals surface area contributed by atoms with Crippen LogP contribution in [0.15, 0.2) is 0 Å². The van der Waals surface area contributed by atoms with Crippen molar-refractivity contribution < 1.29 is 19.5 Å². The molecule has 0 saturated carbocycles. The predicted octanol–water partition coefficient (Wildman–Crippen LogP) is 0.164. The molecule has 1 aliphatic heterocycles. The van der Waals surface area contributed by atoms with E-state index in [9.17, 15) is 15.2 Å². The molecule has 82 valence electrons. The predicted molar refractivity (Wildman–Crippen MR) is 47.4 cm³/mol. The molecule has 1 heterocycles. The summed E-state index contributed by atoms with van der Waals surface area (Å²) in [7, 11) is 1.41. The van der Waals surface area contributed by atoms with E-state index in [0.29, 0.717) is 0 Å². The van der Waals surface area contributed by atoms with E-state index >= 15 is 0 Å². The smallest absolute Gasteiger partial charge is 0.252 e. The quantitative estimate of drug-likeness (QED) is 0.513. The highest BCUT2D eigenvalue weighted by Gasteiger charge is 2.54. The lowest BCUT2D eigenvalue weighted by Crippen LogP contribution is -2.59. The second-order valence-corrected chi connectivity index (χ2v) is 3.77. The van der Waals surface area contributed by atoms with E-state index in [2.05, 4.69) is 0 Å². The Balaban J connectivity index is 2.93. The monoisotopic (exact) mass is 205 g/mol. The molecular weight excluding hydrogens is 190 g/mol. The lowest BCUT2D eigenvalue weighted by molar-refractivity contribution is -0.594. The molecule has 0 aliphatic carbocycles. The summed E-state index contributed by atoms with van der Waals surface area (Å²) in [4.78, 5) is 10.5. The Labute approximate surface area is 82.0 Å². The van der Waals surface area contributed by atoms with E-state index in [1.165, 1.54) is 14.0 Å². The average molecular weight is 205 g/mol. The molecule has 0 aromatic rings. The average Bonchev–Trinajstić information content (AvgIpc) is 2.02. The van der Waals surface area contributed by atoms with Gasteiger partial charge < -0.3 is 14.6 Å². The fraction of sp³-hybridized carbons (Fsp3) is 1.00. The van der Waals surface area contributed by atoms with E-state index in [0.717, 1.165) is 0 Å². The molecule has 1 rings (SSSR count). The summed E-state index contributed by atoms with van der Waals surface area (Å²) in [6.45, 7) is 3.11. The van der Waals surface area contributed by atoms with Crippen LogP contribution in [-0.4, -0.2) is 41.2 Å². The van der Waals surface area contributed by atoms with Gasteiger partial charge in [-0.1, -0.05) is 0 Å². The maximum atomic E-state index is 10.9. The van der Waals surface area contributed by atoms with Gasteiger partial charge in [0, 0.05) is 19.0 Å². The summed E-state index contributed by atoms with van der Waals surface area (Å²) in [5, 5.41) is 20.2. The number of nitro groups is 1. The molecule has 6 heteroatoms. The van der Waals surface area contributed by atoms with Crippen LogP contribution in [0.2, 0.25) is 0 Å². The molecule has 0 spiro atoms. The first-order chi connectivity index (χ1) is 6.41. The zero-order chi connectivity index (χ0) is 10.9. The number of rotatable bonds is 2. The topological polar surface area (TPSA) is 81.8 Å². The number of ether oxygens (including phenoxy) is 2. The second kappa shape index (κ2) is 3.80. The summed E-state index contributed by atoms with van der Waals surface area (Å²) < 4.78 is 10.1. The summed E-state index contributed by atoms with van der Waals surface area (Å²) >= 11 is 0.